The van der Waals surface area contributed by atoms with Crippen molar-refractivity contribution in [1.82, 2.24) is 5.32 Å². The Kier molecular flexibility index (Phi) is 5.90. The van der Waals surface area contributed by atoms with Crippen LogP contribution in [0.1, 0.15) is 25.0 Å². The molecule has 1 N–H and O–H groups in total. The smallest absolute Gasteiger partial charge is 0.416 e. The molecule has 2 aromatic rings. The van der Waals surface area contributed by atoms with Gasteiger partial charge in [0.15, 0.2) is 6.61 Å². The van der Waals surface area contributed by atoms with E-state index in [-0.39, 0.29) is 13.2 Å². The quantitative estimate of drug-likeness (QED) is 0.771. The van der Waals surface area contributed by atoms with Crippen LogP contribution in [0.25, 0.3) is 0 Å². The molecule has 0 saturated carbocycles. The second-order valence-corrected chi connectivity index (χ2v) is 6.48. The summed E-state index contributed by atoms with van der Waals surface area (Å²) in [6, 6.07) is 10.3. The largest absolute Gasteiger partial charge is 0.484 e. The Balaban J connectivity index is 1.92. The summed E-state index contributed by atoms with van der Waals surface area (Å²) in [6.07, 6.45) is -4.42. The summed E-state index contributed by atoms with van der Waals surface area (Å²) in [6.45, 7) is 3.34. The lowest BCUT2D eigenvalue weighted by atomic mass is 9.83. The van der Waals surface area contributed by atoms with Crippen molar-refractivity contribution < 1.29 is 27.1 Å². The molecule has 0 aliphatic carbocycles. The van der Waals surface area contributed by atoms with Crippen LogP contribution in [-0.4, -0.2) is 19.1 Å². The van der Waals surface area contributed by atoms with Gasteiger partial charge >= 0.3 is 6.18 Å². The fraction of sp³-hybridized carbons (Fsp3) is 0.316. The number of ether oxygens (including phenoxy) is 1. The summed E-state index contributed by atoms with van der Waals surface area (Å²) in [4.78, 5) is 11.9. The number of halogens is 4. The average Bonchev–Trinajstić information content (AvgIpc) is 2.59. The van der Waals surface area contributed by atoms with Crippen molar-refractivity contribution in [1.29, 1.82) is 0 Å². The summed E-state index contributed by atoms with van der Waals surface area (Å²) in [5, 5.41) is 2.64. The Bertz CT molecular complexity index is 755. The summed E-state index contributed by atoms with van der Waals surface area (Å²) < 4.78 is 56.6. The molecular weight excluding hydrogens is 350 g/mol. The van der Waals surface area contributed by atoms with Gasteiger partial charge in [-0.2, -0.15) is 13.2 Å². The van der Waals surface area contributed by atoms with E-state index in [2.05, 4.69) is 5.32 Å². The number of hydrogen-bond donors (Lipinski definition) is 1. The first-order valence-corrected chi connectivity index (χ1v) is 7.91. The zero-order valence-corrected chi connectivity index (χ0v) is 14.4. The molecule has 0 unspecified atom stereocenters. The zero-order valence-electron chi connectivity index (χ0n) is 14.4. The molecule has 0 aromatic heterocycles. The lowest BCUT2D eigenvalue weighted by molar-refractivity contribution is -0.137. The van der Waals surface area contributed by atoms with Crippen LogP contribution in [0.15, 0.2) is 48.5 Å². The number of carbonyl (C=O) groups excluding carboxylic acids is 1. The molecular formula is C19H19F4NO2. The van der Waals surface area contributed by atoms with Gasteiger partial charge in [0.2, 0.25) is 0 Å². The van der Waals surface area contributed by atoms with Gasteiger partial charge in [-0.3, -0.25) is 4.79 Å². The van der Waals surface area contributed by atoms with E-state index in [1.54, 1.807) is 19.9 Å². The number of carbonyl (C=O) groups is 1. The van der Waals surface area contributed by atoms with Crippen molar-refractivity contribution in [2.45, 2.75) is 25.4 Å². The molecule has 0 heterocycles. The van der Waals surface area contributed by atoms with Crippen molar-refractivity contribution in [2.75, 3.05) is 13.2 Å². The van der Waals surface area contributed by atoms with Crippen LogP contribution in [-0.2, 0) is 16.4 Å². The monoisotopic (exact) mass is 369 g/mol. The third-order valence-electron chi connectivity index (χ3n) is 3.88. The van der Waals surface area contributed by atoms with E-state index >= 15 is 0 Å². The van der Waals surface area contributed by atoms with E-state index in [0.717, 1.165) is 12.1 Å². The second-order valence-electron chi connectivity index (χ2n) is 6.48. The molecule has 0 bridgehead atoms. The van der Waals surface area contributed by atoms with Crippen LogP contribution >= 0.6 is 0 Å². The number of rotatable bonds is 6. The number of benzene rings is 2. The van der Waals surface area contributed by atoms with Gasteiger partial charge in [0.05, 0.1) is 5.56 Å². The Morgan fingerprint density at radius 3 is 2.27 bits per heavy atom. The molecule has 7 heteroatoms. The van der Waals surface area contributed by atoms with Gasteiger partial charge in [-0.15, -0.1) is 0 Å². The van der Waals surface area contributed by atoms with Crippen molar-refractivity contribution in [3.05, 3.63) is 65.5 Å². The van der Waals surface area contributed by atoms with Crippen LogP contribution in [0, 0.1) is 5.82 Å². The maximum atomic E-state index is 12.8. The standard InChI is InChI=1S/C19H19F4NO2/c1-18(2,13-4-3-5-14(10-13)19(21,22)23)12-24-17(25)11-26-16-8-6-15(20)7-9-16/h3-10H,11-12H2,1-2H3,(H,24,25). The maximum absolute atomic E-state index is 12.8. The minimum atomic E-state index is -4.42. The fourth-order valence-electron chi connectivity index (χ4n) is 2.27. The third kappa shape index (κ3) is 5.47. The van der Waals surface area contributed by atoms with E-state index in [1.165, 1.54) is 30.3 Å². The molecule has 0 aliphatic rings. The second kappa shape index (κ2) is 7.76. The molecule has 0 spiro atoms. The van der Waals surface area contributed by atoms with Crippen LogP contribution in [0.4, 0.5) is 17.6 Å². The van der Waals surface area contributed by atoms with Gasteiger partial charge in [0.25, 0.3) is 5.91 Å². The number of nitrogens with one attached hydrogen (secondary N) is 1. The molecule has 0 fully saturated rings. The molecule has 0 aliphatic heterocycles. The first-order valence-electron chi connectivity index (χ1n) is 7.91. The number of hydrogen-bond acceptors (Lipinski definition) is 2. The summed E-state index contributed by atoms with van der Waals surface area (Å²) >= 11 is 0. The average molecular weight is 369 g/mol. The molecule has 2 rings (SSSR count). The first kappa shape index (κ1) is 19.8. The van der Waals surface area contributed by atoms with Gasteiger partial charge in [-0.05, 0) is 35.9 Å². The number of alkyl halides is 3. The molecule has 140 valence electrons. The van der Waals surface area contributed by atoms with Gasteiger partial charge in [-0.25, -0.2) is 4.39 Å². The first-order chi connectivity index (χ1) is 12.1. The molecule has 3 nitrogen and oxygen atoms in total. The van der Waals surface area contributed by atoms with Gasteiger partial charge < -0.3 is 10.1 Å². The van der Waals surface area contributed by atoms with Crippen LogP contribution in [0.3, 0.4) is 0 Å². The lowest BCUT2D eigenvalue weighted by Crippen LogP contribution is -2.39. The number of amides is 1. The normalized spacial score (nSPS) is 11.9. The van der Waals surface area contributed by atoms with Crippen molar-refractivity contribution in [3.8, 4) is 5.75 Å². The highest BCUT2D eigenvalue weighted by Crippen LogP contribution is 2.32. The maximum Gasteiger partial charge on any atom is 0.416 e. The Morgan fingerprint density at radius 1 is 1.04 bits per heavy atom. The summed E-state index contributed by atoms with van der Waals surface area (Å²) in [7, 11) is 0. The van der Waals surface area contributed by atoms with Crippen molar-refractivity contribution in [3.63, 3.8) is 0 Å². The van der Waals surface area contributed by atoms with Crippen LogP contribution < -0.4 is 10.1 Å². The highest BCUT2D eigenvalue weighted by molar-refractivity contribution is 5.77. The molecule has 0 atom stereocenters. The summed E-state index contributed by atoms with van der Waals surface area (Å²) in [5.41, 5.74) is -0.964. The van der Waals surface area contributed by atoms with E-state index in [1.807, 2.05) is 0 Å². The van der Waals surface area contributed by atoms with Crippen LogP contribution in [0.2, 0.25) is 0 Å². The van der Waals surface area contributed by atoms with Gasteiger partial charge in [0, 0.05) is 12.0 Å². The SMILES string of the molecule is CC(C)(CNC(=O)COc1ccc(F)cc1)c1cccc(C(F)(F)F)c1. The molecule has 1 amide bonds. The van der Waals surface area contributed by atoms with E-state index in [9.17, 15) is 22.4 Å². The van der Waals surface area contributed by atoms with Gasteiger partial charge in [-0.1, -0.05) is 32.0 Å². The van der Waals surface area contributed by atoms with Crippen molar-refractivity contribution in [2.24, 2.45) is 0 Å². The van der Waals surface area contributed by atoms with E-state index in [0.29, 0.717) is 11.3 Å². The lowest BCUT2D eigenvalue weighted by Gasteiger charge is -2.26. The molecule has 0 radical (unpaired) electrons. The highest BCUT2D eigenvalue weighted by Gasteiger charge is 2.32. The van der Waals surface area contributed by atoms with Crippen LogP contribution in [0.5, 0.6) is 5.75 Å². The fourth-order valence-corrected chi connectivity index (χ4v) is 2.27. The predicted molar refractivity (Wildman–Crippen MR) is 89.4 cm³/mol. The van der Waals surface area contributed by atoms with Crippen molar-refractivity contribution >= 4 is 5.91 Å². The van der Waals surface area contributed by atoms with Gasteiger partial charge in [0.1, 0.15) is 11.6 Å². The Morgan fingerprint density at radius 2 is 1.65 bits per heavy atom. The molecule has 26 heavy (non-hydrogen) atoms. The minimum Gasteiger partial charge on any atom is -0.484 e. The third-order valence-corrected chi connectivity index (χ3v) is 3.88. The predicted octanol–water partition coefficient (Wildman–Crippen LogP) is 4.32. The molecule has 0 saturated heterocycles. The summed E-state index contributed by atoms with van der Waals surface area (Å²) in [5.74, 6) is -0.488. The van der Waals surface area contributed by atoms with E-state index in [4.69, 9.17) is 4.74 Å². The Labute approximate surface area is 149 Å². The topological polar surface area (TPSA) is 38.3 Å². The molecule has 2 aromatic carbocycles. The highest BCUT2D eigenvalue weighted by atomic mass is 19.4. The zero-order chi connectivity index (χ0) is 19.4. The van der Waals surface area contributed by atoms with E-state index < -0.39 is 28.9 Å². The Hall–Kier alpha value is -2.57. The minimum absolute atomic E-state index is 0.139.